The lowest BCUT2D eigenvalue weighted by atomic mass is 9.87. The van der Waals surface area contributed by atoms with Crippen molar-refractivity contribution in [3.63, 3.8) is 0 Å². The minimum absolute atomic E-state index is 0.0532. The summed E-state index contributed by atoms with van der Waals surface area (Å²) in [5, 5.41) is 24.0. The summed E-state index contributed by atoms with van der Waals surface area (Å²) in [6, 6.07) is 5.33. The van der Waals surface area contributed by atoms with Crippen LogP contribution in [0.5, 0.6) is 5.75 Å². The van der Waals surface area contributed by atoms with E-state index in [2.05, 4.69) is 60.0 Å². The number of ether oxygens (including phenoxy) is 1. The van der Waals surface area contributed by atoms with E-state index in [-0.39, 0.29) is 21.1 Å². The van der Waals surface area contributed by atoms with Crippen molar-refractivity contribution in [2.24, 2.45) is 5.41 Å². The number of hydrogen-bond acceptors (Lipinski definition) is 10. The number of rotatable bonds is 15. The molecule has 2 aromatic rings. The molecule has 0 saturated heterocycles. The maximum atomic E-state index is 12.6. The van der Waals surface area contributed by atoms with Crippen LogP contribution in [0, 0.1) is 5.41 Å². The second kappa shape index (κ2) is 28.1. The summed E-state index contributed by atoms with van der Waals surface area (Å²) in [5.74, 6) is 1.30. The van der Waals surface area contributed by atoms with Crippen molar-refractivity contribution in [3.8, 4) is 5.75 Å². The Kier molecular flexibility index (Phi) is 29.6. The summed E-state index contributed by atoms with van der Waals surface area (Å²) in [4.78, 5) is 12.6. The first-order chi connectivity index (χ1) is 24.0. The molecule has 10 nitrogen and oxygen atoms in total. The minimum atomic E-state index is -4.27. The van der Waals surface area contributed by atoms with Crippen LogP contribution >= 0.6 is 107 Å². The second-order valence-corrected chi connectivity index (χ2v) is 25.3. The number of amides is 1. The molecule has 2 rings (SSSR count). The van der Waals surface area contributed by atoms with E-state index in [0.717, 1.165) is 25.0 Å². The van der Waals surface area contributed by atoms with E-state index < -0.39 is 39.3 Å². The summed E-state index contributed by atoms with van der Waals surface area (Å²) in [6.07, 6.45) is 4.26. The topological polar surface area (TPSA) is 171 Å². The number of nitrogen functional groups attached to an aromatic ring is 1. The van der Waals surface area contributed by atoms with Gasteiger partial charge in [0.2, 0.25) is 0 Å². The average molecular weight is 1100 g/mol. The number of thioether (sulfide) groups is 1. The standard InChI is InChI=1S/C20H31Cl2NO5S2.C12H18Cl2N2O.CH4O.I2S/c1-5-6-9-29-10-7-8-28-18-15(21)11-14(12-16(18)22)19(24)23-17(20(2,3)4)13-30(25,26)27;1-12(2,3)16-6-10(17)7-4-8(13)11(15)9(14)5-7;1-2;1-3-2/h11-12,17H,5-10,13H2,1-4H3,(H,23,24)(H,25,26,27);4-5,10,16-17H,6,15H2,1-3H3;2H,1H3;. The first-order valence-electron chi connectivity index (χ1n) is 15.9. The van der Waals surface area contributed by atoms with Crippen molar-refractivity contribution in [2.45, 2.75) is 85.4 Å². The molecule has 19 heteroatoms. The van der Waals surface area contributed by atoms with Crippen LogP contribution < -0.4 is 21.1 Å². The number of carbonyl (C=O) groups is 1. The van der Waals surface area contributed by atoms with Gasteiger partial charge < -0.3 is 31.3 Å². The molecule has 2 unspecified atom stereocenters. The lowest BCUT2D eigenvalue weighted by Gasteiger charge is -2.30. The third-order valence-corrected chi connectivity index (χ3v) is 9.72. The van der Waals surface area contributed by atoms with Gasteiger partial charge in [-0.3, -0.25) is 9.35 Å². The fourth-order valence-electron chi connectivity index (χ4n) is 3.79. The predicted octanol–water partition coefficient (Wildman–Crippen LogP) is 10.4. The van der Waals surface area contributed by atoms with Crippen molar-refractivity contribution in [3.05, 3.63) is 55.5 Å². The Bertz CT molecular complexity index is 1410. The third kappa shape index (κ3) is 25.0. The Morgan fingerprint density at radius 2 is 1.42 bits per heavy atom. The zero-order valence-corrected chi connectivity index (χ0v) is 40.5. The molecule has 0 aliphatic rings. The van der Waals surface area contributed by atoms with Crippen LogP contribution in [0.25, 0.3) is 0 Å². The number of benzene rings is 2. The lowest BCUT2D eigenvalue weighted by molar-refractivity contribution is 0.0911. The van der Waals surface area contributed by atoms with Gasteiger partial charge in [0, 0.05) is 67.2 Å². The third-order valence-electron chi connectivity index (χ3n) is 6.62. The van der Waals surface area contributed by atoms with E-state index in [1.54, 1.807) is 39.0 Å². The zero-order chi connectivity index (χ0) is 40.9. The highest BCUT2D eigenvalue weighted by molar-refractivity contribution is 14.3. The van der Waals surface area contributed by atoms with Crippen molar-refractivity contribution in [2.75, 3.05) is 43.3 Å². The van der Waals surface area contributed by atoms with Gasteiger partial charge >= 0.3 is 0 Å². The first-order valence-corrected chi connectivity index (χ1v) is 26.1. The maximum absolute atomic E-state index is 12.6. The summed E-state index contributed by atoms with van der Waals surface area (Å²) in [6.45, 7) is 14.4. The molecule has 2 aromatic carbocycles. The summed E-state index contributed by atoms with van der Waals surface area (Å²) in [5.41, 5.74) is 6.16. The summed E-state index contributed by atoms with van der Waals surface area (Å²) < 4.78 is 37.5. The number of unbranched alkanes of at least 4 members (excludes halogenated alkanes) is 1. The van der Waals surface area contributed by atoms with E-state index >= 15 is 0 Å². The number of carbonyl (C=O) groups excluding carboxylic acids is 1. The molecule has 302 valence electrons. The number of halogens is 6. The monoisotopic (exact) mass is 1090 g/mol. The molecule has 0 radical (unpaired) electrons. The number of nitrogens with two attached hydrogens (primary N) is 1. The Morgan fingerprint density at radius 3 is 1.85 bits per heavy atom. The molecule has 0 saturated carbocycles. The van der Waals surface area contributed by atoms with Crippen LogP contribution in [-0.2, 0) is 10.1 Å². The van der Waals surface area contributed by atoms with E-state index in [0.29, 0.717) is 40.2 Å². The molecule has 0 aliphatic heterocycles. The fraction of sp³-hybridized carbons (Fsp3) is 0.606. The van der Waals surface area contributed by atoms with Gasteiger partial charge in [0.05, 0.1) is 50.3 Å². The Labute approximate surface area is 363 Å². The molecule has 0 heterocycles. The Balaban J connectivity index is 0. The number of aliphatic hydroxyl groups is 2. The van der Waals surface area contributed by atoms with Gasteiger partial charge in [-0.15, -0.1) is 0 Å². The fourth-order valence-corrected chi connectivity index (χ4v) is 6.91. The van der Waals surface area contributed by atoms with Crippen LogP contribution in [0.4, 0.5) is 5.69 Å². The molecule has 0 bridgehead atoms. The zero-order valence-electron chi connectivity index (χ0n) is 30.7. The quantitative estimate of drug-likeness (QED) is 0.0434. The van der Waals surface area contributed by atoms with Crippen molar-refractivity contribution in [1.29, 1.82) is 0 Å². The van der Waals surface area contributed by atoms with Crippen molar-refractivity contribution in [1.82, 2.24) is 10.6 Å². The van der Waals surface area contributed by atoms with Gasteiger partial charge in [-0.1, -0.05) is 80.5 Å². The van der Waals surface area contributed by atoms with E-state index in [4.69, 9.17) is 62.0 Å². The molecule has 7 N–H and O–H groups in total. The van der Waals surface area contributed by atoms with Crippen LogP contribution in [-0.4, -0.2) is 78.2 Å². The Hall–Kier alpha value is 0.620. The number of aliphatic hydroxyl groups excluding tert-OH is 2. The summed E-state index contributed by atoms with van der Waals surface area (Å²) in [7, 11) is -3.27. The normalized spacial score (nSPS) is 12.6. The highest BCUT2D eigenvalue weighted by atomic mass is 127. The highest BCUT2D eigenvalue weighted by Gasteiger charge is 2.31. The van der Waals surface area contributed by atoms with Crippen molar-refractivity contribution >= 4 is 128 Å². The van der Waals surface area contributed by atoms with Crippen molar-refractivity contribution < 1.29 is 32.7 Å². The molecule has 0 spiro atoms. The van der Waals surface area contributed by atoms with E-state index in [1.165, 1.54) is 25.0 Å². The lowest BCUT2D eigenvalue weighted by Crippen LogP contribution is -2.47. The largest absolute Gasteiger partial charge is 0.490 e. The Morgan fingerprint density at radius 1 is 0.942 bits per heavy atom. The summed E-state index contributed by atoms with van der Waals surface area (Å²) >= 11 is 30.6. The van der Waals surface area contributed by atoms with Gasteiger partial charge in [0.15, 0.2) is 5.75 Å². The number of β-amino-alcohol motifs (C(OH)–C–C–N with tert-alkyl or cyclic N) is 1. The smallest absolute Gasteiger partial charge is 0.266 e. The molecular weight excluding hydrogens is 1040 g/mol. The molecular formula is C33H53Cl4I2N3O7S3. The van der Waals surface area contributed by atoms with Crippen LogP contribution in [0.3, 0.4) is 0 Å². The average Bonchev–Trinajstić information content (AvgIpc) is 3.02. The SMILES string of the molecule is CC(C)(C)NCC(O)c1cc(Cl)c(N)c(Cl)c1.CCCCSCCCOc1c(Cl)cc(C(=O)NC(CS(=O)(=O)O)C(C)(C)C)cc1Cl.CO.ISI. The second-order valence-electron chi connectivity index (χ2n) is 13.2. The first kappa shape index (κ1) is 54.7. The molecule has 1 amide bonds. The van der Waals surface area contributed by atoms with E-state index in [9.17, 15) is 22.9 Å². The molecule has 0 fully saturated rings. The predicted molar refractivity (Wildman–Crippen MR) is 243 cm³/mol. The minimum Gasteiger partial charge on any atom is -0.490 e. The molecule has 0 aliphatic carbocycles. The van der Waals surface area contributed by atoms with Gasteiger partial charge in [0.1, 0.15) is 0 Å². The van der Waals surface area contributed by atoms with E-state index in [1.807, 2.05) is 32.5 Å². The molecule has 2 atom stereocenters. The highest BCUT2D eigenvalue weighted by Crippen LogP contribution is 2.35. The number of nitrogens with one attached hydrogen (secondary N) is 2. The number of hydrogen-bond donors (Lipinski definition) is 6. The molecule has 0 aromatic heterocycles. The van der Waals surface area contributed by atoms with Gasteiger partial charge in [0.25, 0.3) is 16.0 Å². The van der Waals surface area contributed by atoms with Crippen LogP contribution in [0.1, 0.15) is 89.8 Å². The maximum Gasteiger partial charge on any atom is 0.266 e. The van der Waals surface area contributed by atoms with Gasteiger partial charge in [-0.2, -0.15) is 20.2 Å². The van der Waals surface area contributed by atoms with Crippen LogP contribution in [0.15, 0.2) is 24.3 Å². The van der Waals surface area contributed by atoms with Gasteiger partial charge in [-0.05, 0) is 86.5 Å². The molecule has 52 heavy (non-hydrogen) atoms. The number of anilines is 1. The van der Waals surface area contributed by atoms with Gasteiger partial charge in [-0.25, -0.2) is 0 Å². The van der Waals surface area contributed by atoms with Crippen LogP contribution in [0.2, 0.25) is 20.1 Å².